The number of aryl methyl sites for hydroxylation is 1. The van der Waals surface area contributed by atoms with Gasteiger partial charge < -0.3 is 20.2 Å². The third-order valence-electron chi connectivity index (χ3n) is 6.01. The topological polar surface area (TPSA) is 96.1 Å². The Kier molecular flexibility index (Phi) is 6.52. The molecule has 33 heavy (non-hydrogen) atoms. The zero-order valence-corrected chi connectivity index (χ0v) is 19.5. The number of pyridine rings is 1. The Morgan fingerprint density at radius 3 is 2.67 bits per heavy atom. The number of aliphatic hydroxyl groups excluding tert-OH is 1. The molecule has 3 aromatic rings. The largest absolute Gasteiger partial charge is 0.402 e. The molecule has 0 spiro atoms. The van der Waals surface area contributed by atoms with Crippen LogP contribution >= 0.6 is 0 Å². The summed E-state index contributed by atoms with van der Waals surface area (Å²) in [4.78, 5) is 4.84. The molecule has 2 heterocycles. The van der Waals surface area contributed by atoms with E-state index in [9.17, 15) is 13.9 Å². The van der Waals surface area contributed by atoms with Crippen molar-refractivity contribution in [1.29, 1.82) is 0 Å². The molecule has 0 bridgehead atoms. The van der Waals surface area contributed by atoms with Crippen LogP contribution in [0.1, 0.15) is 57.6 Å². The molecule has 1 aliphatic carbocycles. The average Bonchev–Trinajstić information content (AvgIpc) is 3.19. The highest BCUT2D eigenvalue weighted by Gasteiger charge is 2.24. The molecule has 1 unspecified atom stereocenters. The standard InChI is InChI=1S/C24H31F2N5O2/c1-13-8-19(22-30-31-23(33-22)28-14-6-5-7-16(32)9-14)29-21-17(13)10-15(27-12-20(25)26)11-18(21)24(2,3)4/h8,10-11,14,16,20,27,32H,5-7,9,12H2,1-4H3,(H,28,31)/t14?,16-/m0/s1. The molecule has 9 heteroatoms. The second-order valence-electron chi connectivity index (χ2n) is 9.84. The molecule has 1 aliphatic rings. The molecule has 2 aromatic heterocycles. The van der Waals surface area contributed by atoms with Gasteiger partial charge in [0.05, 0.1) is 18.2 Å². The predicted octanol–water partition coefficient (Wildman–Crippen LogP) is 5.28. The number of nitrogens with one attached hydrogen (secondary N) is 2. The van der Waals surface area contributed by atoms with Crippen molar-refractivity contribution in [1.82, 2.24) is 15.2 Å². The van der Waals surface area contributed by atoms with Gasteiger partial charge in [-0.05, 0) is 67.3 Å². The zero-order valence-electron chi connectivity index (χ0n) is 19.5. The van der Waals surface area contributed by atoms with E-state index in [1.54, 1.807) is 0 Å². The quantitative estimate of drug-likeness (QED) is 0.461. The summed E-state index contributed by atoms with van der Waals surface area (Å²) in [5, 5.41) is 25.1. The van der Waals surface area contributed by atoms with Crippen molar-refractivity contribution < 1.29 is 18.3 Å². The van der Waals surface area contributed by atoms with Gasteiger partial charge in [0, 0.05) is 17.1 Å². The van der Waals surface area contributed by atoms with Crippen molar-refractivity contribution in [2.45, 2.75) is 77.4 Å². The Morgan fingerprint density at radius 1 is 1.18 bits per heavy atom. The fraction of sp³-hybridized carbons (Fsp3) is 0.542. The third kappa shape index (κ3) is 5.40. The second-order valence-corrected chi connectivity index (χ2v) is 9.84. The molecule has 1 saturated carbocycles. The van der Waals surface area contributed by atoms with E-state index in [0.29, 0.717) is 29.7 Å². The lowest BCUT2D eigenvalue weighted by Crippen LogP contribution is -2.29. The van der Waals surface area contributed by atoms with Gasteiger partial charge >= 0.3 is 6.01 Å². The fourth-order valence-electron chi connectivity index (χ4n) is 4.32. The molecule has 178 valence electrons. The first-order chi connectivity index (χ1) is 15.6. The highest BCUT2D eigenvalue weighted by atomic mass is 19.3. The smallest absolute Gasteiger partial charge is 0.316 e. The van der Waals surface area contributed by atoms with Crippen LogP contribution in [0, 0.1) is 6.92 Å². The van der Waals surface area contributed by atoms with Gasteiger partial charge in [-0.2, -0.15) is 0 Å². The summed E-state index contributed by atoms with van der Waals surface area (Å²) in [5.41, 5.74) is 3.60. The number of hydrogen-bond donors (Lipinski definition) is 3. The predicted molar refractivity (Wildman–Crippen MR) is 125 cm³/mol. The molecule has 0 aliphatic heterocycles. The molecule has 0 amide bonds. The van der Waals surface area contributed by atoms with Gasteiger partial charge in [-0.15, -0.1) is 5.10 Å². The Hall–Kier alpha value is -2.81. The summed E-state index contributed by atoms with van der Waals surface area (Å²) >= 11 is 0. The molecule has 1 aromatic carbocycles. The number of nitrogens with zero attached hydrogens (tertiary/aromatic N) is 3. The van der Waals surface area contributed by atoms with E-state index < -0.39 is 13.0 Å². The van der Waals surface area contributed by atoms with Crippen LogP contribution in [-0.2, 0) is 5.41 Å². The van der Waals surface area contributed by atoms with Gasteiger partial charge in [0.15, 0.2) is 0 Å². The highest BCUT2D eigenvalue weighted by Crippen LogP contribution is 2.35. The number of aliphatic hydroxyl groups is 1. The zero-order chi connectivity index (χ0) is 23.8. The first kappa shape index (κ1) is 23.4. The Morgan fingerprint density at radius 2 is 1.97 bits per heavy atom. The summed E-state index contributed by atoms with van der Waals surface area (Å²) in [5.74, 6) is 0.304. The van der Waals surface area contributed by atoms with Crippen LogP contribution in [0.15, 0.2) is 22.6 Å². The molecule has 1 fully saturated rings. The maximum Gasteiger partial charge on any atom is 0.316 e. The van der Waals surface area contributed by atoms with E-state index >= 15 is 0 Å². The van der Waals surface area contributed by atoms with Gasteiger partial charge in [-0.25, -0.2) is 13.8 Å². The van der Waals surface area contributed by atoms with E-state index in [2.05, 4.69) is 41.6 Å². The first-order valence-electron chi connectivity index (χ1n) is 11.4. The van der Waals surface area contributed by atoms with Gasteiger partial charge in [0.1, 0.15) is 5.69 Å². The Labute approximate surface area is 192 Å². The number of aromatic nitrogens is 3. The van der Waals surface area contributed by atoms with Crippen molar-refractivity contribution in [3.8, 4) is 11.6 Å². The maximum atomic E-state index is 12.7. The number of halogens is 2. The number of fused-ring (bicyclic) bond motifs is 1. The minimum Gasteiger partial charge on any atom is -0.402 e. The Bertz CT molecular complexity index is 1130. The van der Waals surface area contributed by atoms with Gasteiger partial charge in [-0.3, -0.25) is 0 Å². The number of hydrogen-bond acceptors (Lipinski definition) is 7. The molecule has 2 atom stereocenters. The van der Waals surface area contributed by atoms with E-state index in [1.807, 2.05) is 25.1 Å². The van der Waals surface area contributed by atoms with Crippen LogP contribution in [0.2, 0.25) is 0 Å². The number of benzene rings is 1. The Balaban J connectivity index is 1.68. The van der Waals surface area contributed by atoms with E-state index in [-0.39, 0.29) is 17.6 Å². The van der Waals surface area contributed by atoms with Crippen molar-refractivity contribution in [3.63, 3.8) is 0 Å². The summed E-state index contributed by atoms with van der Waals surface area (Å²) < 4.78 is 31.3. The van der Waals surface area contributed by atoms with Crippen molar-refractivity contribution in [2.24, 2.45) is 0 Å². The normalized spacial score (nSPS) is 19.3. The van der Waals surface area contributed by atoms with Crippen LogP contribution in [0.5, 0.6) is 0 Å². The third-order valence-corrected chi connectivity index (χ3v) is 6.01. The average molecular weight is 460 g/mol. The number of rotatable bonds is 6. The van der Waals surface area contributed by atoms with Crippen LogP contribution in [0.4, 0.5) is 20.5 Å². The lowest BCUT2D eigenvalue weighted by atomic mass is 9.84. The monoisotopic (exact) mass is 459 g/mol. The summed E-state index contributed by atoms with van der Waals surface area (Å²) in [6.45, 7) is 7.74. The minimum atomic E-state index is -2.43. The number of alkyl halides is 2. The van der Waals surface area contributed by atoms with E-state index in [0.717, 1.165) is 41.3 Å². The van der Waals surface area contributed by atoms with Gasteiger partial charge in [0.2, 0.25) is 0 Å². The highest BCUT2D eigenvalue weighted by molar-refractivity contribution is 5.90. The molecular formula is C24H31F2N5O2. The van der Waals surface area contributed by atoms with Crippen LogP contribution < -0.4 is 10.6 Å². The second kappa shape index (κ2) is 9.21. The van der Waals surface area contributed by atoms with Crippen molar-refractivity contribution >= 4 is 22.6 Å². The van der Waals surface area contributed by atoms with Crippen LogP contribution in [0.25, 0.3) is 22.5 Å². The van der Waals surface area contributed by atoms with Gasteiger partial charge in [0.25, 0.3) is 12.3 Å². The molecule has 3 N–H and O–H groups in total. The molecule has 0 saturated heterocycles. The first-order valence-corrected chi connectivity index (χ1v) is 11.4. The van der Waals surface area contributed by atoms with Gasteiger partial charge in [-0.1, -0.05) is 25.9 Å². The molecular weight excluding hydrogens is 428 g/mol. The lowest BCUT2D eigenvalue weighted by molar-refractivity contribution is 0.124. The minimum absolute atomic E-state index is 0.0972. The molecule has 7 nitrogen and oxygen atoms in total. The van der Waals surface area contributed by atoms with E-state index in [4.69, 9.17) is 9.40 Å². The van der Waals surface area contributed by atoms with Crippen LogP contribution in [-0.4, -0.2) is 45.4 Å². The summed E-state index contributed by atoms with van der Waals surface area (Å²) in [6, 6.07) is 6.02. The maximum absolute atomic E-state index is 12.7. The summed E-state index contributed by atoms with van der Waals surface area (Å²) in [7, 11) is 0. The molecule has 0 radical (unpaired) electrons. The lowest BCUT2D eigenvalue weighted by Gasteiger charge is -2.25. The molecule has 4 rings (SSSR count). The fourth-order valence-corrected chi connectivity index (χ4v) is 4.32. The number of anilines is 2. The van der Waals surface area contributed by atoms with E-state index in [1.165, 1.54) is 0 Å². The van der Waals surface area contributed by atoms with Crippen molar-refractivity contribution in [3.05, 3.63) is 29.3 Å². The summed E-state index contributed by atoms with van der Waals surface area (Å²) in [6.07, 6.45) is 0.635. The SMILES string of the molecule is Cc1cc(-c2nnc(NC3CCC[C@H](O)C3)o2)nc2c(C(C)(C)C)cc(NCC(F)F)cc12. The van der Waals surface area contributed by atoms with Crippen LogP contribution in [0.3, 0.4) is 0 Å². The van der Waals surface area contributed by atoms with Crippen molar-refractivity contribution in [2.75, 3.05) is 17.2 Å².